The summed E-state index contributed by atoms with van der Waals surface area (Å²) in [6.45, 7) is 0.770. The Morgan fingerprint density at radius 1 is 1.54 bits per heavy atom. The van der Waals surface area contributed by atoms with Crippen molar-refractivity contribution in [1.82, 2.24) is 5.43 Å². The number of nitrogens with one attached hydrogen (secondary N) is 1. The Kier molecular flexibility index (Phi) is 2.20. The van der Waals surface area contributed by atoms with Crippen LogP contribution in [0.1, 0.15) is 5.56 Å². The predicted octanol–water partition coefficient (Wildman–Crippen LogP) is 1.36. The van der Waals surface area contributed by atoms with Gasteiger partial charge in [0.1, 0.15) is 0 Å². The number of nitrogens with zero attached hydrogens (tertiary/aromatic N) is 1. The van der Waals surface area contributed by atoms with Crippen LogP contribution in [0.25, 0.3) is 0 Å². The molecule has 0 spiro atoms. The third-order valence-corrected chi connectivity index (χ3v) is 2.40. The standard InChI is InChI=1S/C9H9ClN2O/c10-8-3-1-2-7-4-5-11-12(6-13)9(7)8/h1-3,6,11H,4-5H2. The molecule has 1 amide bonds. The lowest BCUT2D eigenvalue weighted by molar-refractivity contribution is -0.108. The first-order chi connectivity index (χ1) is 6.33. The highest BCUT2D eigenvalue weighted by Crippen LogP contribution is 2.30. The minimum Gasteiger partial charge on any atom is -0.277 e. The topological polar surface area (TPSA) is 32.3 Å². The highest BCUT2D eigenvalue weighted by Gasteiger charge is 2.17. The van der Waals surface area contributed by atoms with Gasteiger partial charge in [-0.2, -0.15) is 0 Å². The second-order valence-electron chi connectivity index (χ2n) is 2.88. The molecule has 0 atom stereocenters. The van der Waals surface area contributed by atoms with Crippen molar-refractivity contribution in [3.63, 3.8) is 0 Å². The van der Waals surface area contributed by atoms with E-state index in [9.17, 15) is 4.79 Å². The van der Waals surface area contributed by atoms with Crippen LogP contribution in [0.4, 0.5) is 5.69 Å². The number of fused-ring (bicyclic) bond motifs is 1. The Balaban J connectivity index is 2.53. The number of halogens is 1. The molecule has 4 heteroatoms. The largest absolute Gasteiger partial charge is 0.277 e. The minimum atomic E-state index is 0.608. The summed E-state index contributed by atoms with van der Waals surface area (Å²) >= 11 is 5.98. The molecule has 0 fully saturated rings. The molecular formula is C9H9ClN2O. The Labute approximate surface area is 81.3 Å². The first-order valence-corrected chi connectivity index (χ1v) is 4.46. The maximum atomic E-state index is 10.7. The van der Waals surface area contributed by atoms with Crippen molar-refractivity contribution in [3.05, 3.63) is 28.8 Å². The first kappa shape index (κ1) is 8.53. The maximum absolute atomic E-state index is 10.7. The molecule has 1 aliphatic heterocycles. The van der Waals surface area contributed by atoms with Crippen LogP contribution in [0.15, 0.2) is 18.2 Å². The molecule has 0 bridgehead atoms. The Hall–Kier alpha value is -1.06. The van der Waals surface area contributed by atoms with Gasteiger partial charge in [0.05, 0.1) is 10.7 Å². The second-order valence-corrected chi connectivity index (χ2v) is 3.29. The Morgan fingerprint density at radius 3 is 3.15 bits per heavy atom. The van der Waals surface area contributed by atoms with Gasteiger partial charge in [-0.15, -0.1) is 0 Å². The molecule has 13 heavy (non-hydrogen) atoms. The van der Waals surface area contributed by atoms with E-state index in [1.54, 1.807) is 6.07 Å². The van der Waals surface area contributed by atoms with Crippen LogP contribution < -0.4 is 10.4 Å². The van der Waals surface area contributed by atoms with Crippen LogP contribution in [-0.4, -0.2) is 13.0 Å². The smallest absolute Gasteiger partial charge is 0.228 e. The van der Waals surface area contributed by atoms with Crippen molar-refractivity contribution in [2.24, 2.45) is 0 Å². The molecule has 0 aromatic heterocycles. The molecule has 0 unspecified atom stereocenters. The quantitative estimate of drug-likeness (QED) is 0.688. The average molecular weight is 197 g/mol. The van der Waals surface area contributed by atoms with E-state index >= 15 is 0 Å². The second kappa shape index (κ2) is 3.36. The molecule has 1 aromatic carbocycles. The van der Waals surface area contributed by atoms with Gasteiger partial charge < -0.3 is 0 Å². The van der Waals surface area contributed by atoms with Crippen LogP contribution in [0.2, 0.25) is 5.02 Å². The Bertz CT molecular complexity index is 340. The zero-order valence-corrected chi connectivity index (χ0v) is 7.71. The summed E-state index contributed by atoms with van der Waals surface area (Å²) < 4.78 is 0. The molecular weight excluding hydrogens is 188 g/mol. The number of anilines is 1. The van der Waals surface area contributed by atoms with Crippen LogP contribution in [0.5, 0.6) is 0 Å². The van der Waals surface area contributed by atoms with Crippen molar-refractivity contribution in [2.75, 3.05) is 11.6 Å². The van der Waals surface area contributed by atoms with E-state index in [2.05, 4.69) is 5.43 Å². The van der Waals surface area contributed by atoms with E-state index in [0.29, 0.717) is 5.02 Å². The number of hydrazine groups is 1. The lowest BCUT2D eigenvalue weighted by Gasteiger charge is -2.27. The van der Waals surface area contributed by atoms with Gasteiger partial charge in [-0.3, -0.25) is 4.79 Å². The fourth-order valence-electron chi connectivity index (χ4n) is 1.51. The molecule has 0 saturated carbocycles. The van der Waals surface area contributed by atoms with Crippen molar-refractivity contribution in [2.45, 2.75) is 6.42 Å². The summed E-state index contributed by atoms with van der Waals surface area (Å²) in [5.74, 6) is 0. The van der Waals surface area contributed by atoms with Gasteiger partial charge in [0.25, 0.3) is 0 Å². The number of benzene rings is 1. The molecule has 1 heterocycles. The van der Waals surface area contributed by atoms with Crippen molar-refractivity contribution in [1.29, 1.82) is 0 Å². The lowest BCUT2D eigenvalue weighted by atomic mass is 10.1. The summed E-state index contributed by atoms with van der Waals surface area (Å²) in [5.41, 5.74) is 4.84. The van der Waals surface area contributed by atoms with Gasteiger partial charge in [0.15, 0.2) is 0 Å². The molecule has 1 aliphatic rings. The molecule has 2 rings (SSSR count). The van der Waals surface area contributed by atoms with Crippen molar-refractivity contribution >= 4 is 23.7 Å². The van der Waals surface area contributed by atoms with Crippen LogP contribution in [0.3, 0.4) is 0 Å². The van der Waals surface area contributed by atoms with E-state index in [1.807, 2.05) is 12.1 Å². The van der Waals surface area contributed by atoms with E-state index in [0.717, 1.165) is 30.6 Å². The molecule has 0 radical (unpaired) electrons. The number of para-hydroxylation sites is 1. The van der Waals surface area contributed by atoms with Gasteiger partial charge in [-0.25, -0.2) is 10.4 Å². The molecule has 68 valence electrons. The summed E-state index contributed by atoms with van der Waals surface area (Å²) in [6.07, 6.45) is 1.64. The summed E-state index contributed by atoms with van der Waals surface area (Å²) in [4.78, 5) is 10.7. The lowest BCUT2D eigenvalue weighted by Crippen LogP contribution is -2.42. The fraction of sp³-hybridized carbons (Fsp3) is 0.222. The van der Waals surface area contributed by atoms with Crippen LogP contribution in [-0.2, 0) is 11.2 Å². The van der Waals surface area contributed by atoms with Gasteiger partial charge in [0.2, 0.25) is 6.41 Å². The third kappa shape index (κ3) is 1.41. The summed E-state index contributed by atoms with van der Waals surface area (Å²) in [5, 5.41) is 2.04. The Morgan fingerprint density at radius 2 is 2.38 bits per heavy atom. The normalized spacial score (nSPS) is 15.3. The summed E-state index contributed by atoms with van der Waals surface area (Å²) in [7, 11) is 0. The van der Waals surface area contributed by atoms with Crippen molar-refractivity contribution in [3.8, 4) is 0 Å². The van der Waals surface area contributed by atoms with E-state index in [-0.39, 0.29) is 0 Å². The minimum absolute atomic E-state index is 0.608. The van der Waals surface area contributed by atoms with Gasteiger partial charge >= 0.3 is 0 Å². The molecule has 0 saturated heterocycles. The number of carbonyl (C=O) groups is 1. The van der Waals surface area contributed by atoms with Gasteiger partial charge in [-0.05, 0) is 18.1 Å². The van der Waals surface area contributed by atoms with Gasteiger partial charge in [-0.1, -0.05) is 23.7 Å². The third-order valence-electron chi connectivity index (χ3n) is 2.09. The fourth-order valence-corrected chi connectivity index (χ4v) is 1.80. The number of carbonyl (C=O) groups excluding carboxylic acids is 1. The zero-order valence-electron chi connectivity index (χ0n) is 6.96. The maximum Gasteiger partial charge on any atom is 0.228 e. The summed E-state index contributed by atoms with van der Waals surface area (Å²) in [6, 6.07) is 5.66. The molecule has 0 aliphatic carbocycles. The predicted molar refractivity (Wildman–Crippen MR) is 51.7 cm³/mol. The number of hydrogen-bond acceptors (Lipinski definition) is 2. The van der Waals surface area contributed by atoms with Crippen molar-refractivity contribution < 1.29 is 4.79 Å². The number of hydrogen-bond donors (Lipinski definition) is 1. The highest BCUT2D eigenvalue weighted by molar-refractivity contribution is 6.33. The molecule has 1 N–H and O–H groups in total. The highest BCUT2D eigenvalue weighted by atomic mass is 35.5. The van der Waals surface area contributed by atoms with Crippen LogP contribution in [0, 0.1) is 0 Å². The molecule has 3 nitrogen and oxygen atoms in total. The van der Waals surface area contributed by atoms with E-state index in [1.165, 1.54) is 5.01 Å². The molecule has 1 aromatic rings. The van der Waals surface area contributed by atoms with Gasteiger partial charge in [0, 0.05) is 6.54 Å². The van der Waals surface area contributed by atoms with E-state index in [4.69, 9.17) is 11.6 Å². The monoisotopic (exact) mass is 196 g/mol. The average Bonchev–Trinajstić information content (AvgIpc) is 2.17. The zero-order chi connectivity index (χ0) is 9.26. The first-order valence-electron chi connectivity index (χ1n) is 4.08. The SMILES string of the molecule is O=CN1NCCc2cccc(Cl)c21. The number of amides is 1. The van der Waals surface area contributed by atoms with Crippen LogP contribution >= 0.6 is 11.6 Å². The number of rotatable bonds is 1. The van der Waals surface area contributed by atoms with E-state index < -0.39 is 0 Å².